The lowest BCUT2D eigenvalue weighted by Crippen LogP contribution is -2.14. The van der Waals surface area contributed by atoms with E-state index in [9.17, 15) is 4.39 Å². The van der Waals surface area contributed by atoms with E-state index in [0.717, 1.165) is 17.7 Å². The number of nitrogens with one attached hydrogen (secondary N) is 1. The largest absolute Gasteiger partial charge is 0.382 e. The Morgan fingerprint density at radius 1 is 1.64 bits per heavy atom. The van der Waals surface area contributed by atoms with Gasteiger partial charge < -0.3 is 5.73 Å². The molecule has 3 nitrogen and oxygen atoms in total. The number of rotatable bonds is 0. The monoisotopic (exact) mass is 155 g/mol. The molecule has 1 aliphatic carbocycles. The quantitative estimate of drug-likeness (QED) is 0.582. The molecular formula is C7H10FN3. The van der Waals surface area contributed by atoms with E-state index >= 15 is 0 Å². The number of anilines is 1. The second-order valence-corrected chi connectivity index (χ2v) is 2.91. The first kappa shape index (κ1) is 6.64. The van der Waals surface area contributed by atoms with E-state index in [-0.39, 0.29) is 0 Å². The van der Waals surface area contributed by atoms with Gasteiger partial charge in [0.05, 0.1) is 0 Å². The number of aromatic nitrogens is 2. The van der Waals surface area contributed by atoms with Gasteiger partial charge in [0.25, 0.3) is 0 Å². The van der Waals surface area contributed by atoms with Gasteiger partial charge in [-0.05, 0) is 12.8 Å². The van der Waals surface area contributed by atoms with Crippen LogP contribution in [-0.4, -0.2) is 16.4 Å². The Bertz CT molecular complexity index is 269. The molecule has 0 fully saturated rings. The predicted molar refractivity (Wildman–Crippen MR) is 39.9 cm³/mol. The van der Waals surface area contributed by atoms with Crippen LogP contribution in [0.4, 0.5) is 10.2 Å². The molecule has 11 heavy (non-hydrogen) atoms. The van der Waals surface area contributed by atoms with Crippen LogP contribution in [0.5, 0.6) is 0 Å². The van der Waals surface area contributed by atoms with E-state index in [4.69, 9.17) is 5.73 Å². The van der Waals surface area contributed by atoms with Crippen LogP contribution in [-0.2, 0) is 12.8 Å². The molecule has 1 heterocycles. The zero-order valence-electron chi connectivity index (χ0n) is 6.10. The lowest BCUT2D eigenvalue weighted by atomic mass is 9.96. The summed E-state index contributed by atoms with van der Waals surface area (Å²) in [7, 11) is 0. The maximum atomic E-state index is 12.8. The van der Waals surface area contributed by atoms with Crippen LogP contribution >= 0.6 is 0 Å². The molecule has 1 atom stereocenters. The van der Waals surface area contributed by atoms with E-state index in [1.54, 1.807) is 0 Å². The minimum Gasteiger partial charge on any atom is -0.382 e. The van der Waals surface area contributed by atoms with Gasteiger partial charge in [0.1, 0.15) is 12.0 Å². The molecule has 60 valence electrons. The third-order valence-electron chi connectivity index (χ3n) is 2.12. The fraction of sp³-hybridized carbons (Fsp3) is 0.571. The number of aryl methyl sites for hydroxylation is 1. The van der Waals surface area contributed by atoms with Gasteiger partial charge in [0.15, 0.2) is 0 Å². The highest BCUT2D eigenvalue weighted by atomic mass is 19.1. The summed E-state index contributed by atoms with van der Waals surface area (Å²) in [4.78, 5) is 0. The standard InChI is InChI=1S/C7H10FN3/c8-4-1-2-6-5(3-4)7(9)11-10-6/h4H,1-3H2,(H3,9,10,11). The Morgan fingerprint density at radius 2 is 2.45 bits per heavy atom. The molecule has 1 unspecified atom stereocenters. The maximum Gasteiger partial charge on any atom is 0.148 e. The number of nitrogen functional groups attached to an aromatic ring is 1. The maximum absolute atomic E-state index is 12.8. The van der Waals surface area contributed by atoms with Crippen molar-refractivity contribution in [2.45, 2.75) is 25.4 Å². The van der Waals surface area contributed by atoms with Gasteiger partial charge in [0.2, 0.25) is 0 Å². The van der Waals surface area contributed by atoms with E-state index in [2.05, 4.69) is 10.2 Å². The highest BCUT2D eigenvalue weighted by molar-refractivity contribution is 5.43. The zero-order valence-corrected chi connectivity index (χ0v) is 6.10. The predicted octanol–water partition coefficient (Wildman–Crippen LogP) is 0.819. The molecule has 0 aromatic carbocycles. The third kappa shape index (κ3) is 0.982. The van der Waals surface area contributed by atoms with Crippen LogP contribution in [0.3, 0.4) is 0 Å². The summed E-state index contributed by atoms with van der Waals surface area (Å²) in [5.74, 6) is 0.461. The number of aromatic amines is 1. The first-order valence-corrected chi connectivity index (χ1v) is 3.73. The highest BCUT2D eigenvalue weighted by Gasteiger charge is 2.21. The number of nitrogens with zero attached hydrogens (tertiary/aromatic N) is 1. The molecule has 1 aromatic rings. The summed E-state index contributed by atoms with van der Waals surface area (Å²) in [6.07, 6.45) is 1.02. The van der Waals surface area contributed by atoms with Crippen molar-refractivity contribution in [1.82, 2.24) is 10.2 Å². The van der Waals surface area contributed by atoms with Crippen molar-refractivity contribution in [2.75, 3.05) is 5.73 Å². The summed E-state index contributed by atoms with van der Waals surface area (Å²) in [6, 6.07) is 0. The Morgan fingerprint density at radius 3 is 3.27 bits per heavy atom. The summed E-state index contributed by atoms with van der Waals surface area (Å²) >= 11 is 0. The molecule has 0 aliphatic heterocycles. The van der Waals surface area contributed by atoms with Gasteiger partial charge in [-0.2, -0.15) is 5.10 Å². The molecule has 1 aromatic heterocycles. The molecule has 1 aliphatic rings. The van der Waals surface area contributed by atoms with Gasteiger partial charge in [0, 0.05) is 17.7 Å². The van der Waals surface area contributed by atoms with Crippen molar-refractivity contribution in [3.8, 4) is 0 Å². The summed E-state index contributed by atoms with van der Waals surface area (Å²) < 4.78 is 12.8. The first-order valence-electron chi connectivity index (χ1n) is 3.73. The van der Waals surface area contributed by atoms with Gasteiger partial charge in [-0.15, -0.1) is 0 Å². The van der Waals surface area contributed by atoms with E-state index < -0.39 is 6.17 Å². The molecule has 0 bridgehead atoms. The Balaban J connectivity index is 2.37. The summed E-state index contributed by atoms with van der Waals surface area (Å²) in [6.45, 7) is 0. The number of hydrogen-bond donors (Lipinski definition) is 2. The number of fused-ring (bicyclic) bond motifs is 1. The van der Waals surface area contributed by atoms with Crippen molar-refractivity contribution in [3.05, 3.63) is 11.3 Å². The van der Waals surface area contributed by atoms with Gasteiger partial charge >= 0.3 is 0 Å². The number of H-pyrrole nitrogens is 1. The third-order valence-corrected chi connectivity index (χ3v) is 2.12. The van der Waals surface area contributed by atoms with Crippen LogP contribution in [0.25, 0.3) is 0 Å². The topological polar surface area (TPSA) is 54.7 Å². The Labute approximate surface area is 63.8 Å². The Hall–Kier alpha value is -1.06. The van der Waals surface area contributed by atoms with E-state index in [1.807, 2.05) is 0 Å². The molecular weight excluding hydrogens is 145 g/mol. The molecule has 0 radical (unpaired) electrons. The molecule has 3 N–H and O–H groups in total. The second kappa shape index (κ2) is 2.22. The first-order chi connectivity index (χ1) is 5.27. The number of alkyl halides is 1. The van der Waals surface area contributed by atoms with Gasteiger partial charge in [-0.1, -0.05) is 0 Å². The van der Waals surface area contributed by atoms with Crippen LogP contribution in [0.1, 0.15) is 17.7 Å². The fourth-order valence-electron chi connectivity index (χ4n) is 1.48. The smallest absolute Gasteiger partial charge is 0.148 e. The minimum atomic E-state index is -0.734. The molecule has 0 amide bonds. The molecule has 0 saturated heterocycles. The van der Waals surface area contributed by atoms with Crippen molar-refractivity contribution < 1.29 is 4.39 Å². The minimum absolute atomic E-state index is 0.428. The number of nitrogens with two attached hydrogens (primary N) is 1. The highest BCUT2D eigenvalue weighted by Crippen LogP contribution is 2.24. The summed E-state index contributed by atoms with van der Waals surface area (Å²) in [5.41, 5.74) is 7.40. The SMILES string of the molecule is Nc1n[nH]c2c1CC(F)CC2. The van der Waals surface area contributed by atoms with Crippen molar-refractivity contribution in [1.29, 1.82) is 0 Å². The molecule has 4 heteroatoms. The normalized spacial score (nSPS) is 23.2. The fourth-order valence-corrected chi connectivity index (χ4v) is 1.48. The lowest BCUT2D eigenvalue weighted by Gasteiger charge is -2.14. The van der Waals surface area contributed by atoms with Crippen LogP contribution in [0, 0.1) is 0 Å². The zero-order chi connectivity index (χ0) is 7.84. The van der Waals surface area contributed by atoms with Crippen molar-refractivity contribution in [2.24, 2.45) is 0 Å². The summed E-state index contributed by atoms with van der Waals surface area (Å²) in [5, 5.41) is 6.62. The van der Waals surface area contributed by atoms with Gasteiger partial charge in [-0.25, -0.2) is 4.39 Å². The van der Waals surface area contributed by atoms with Gasteiger partial charge in [-0.3, -0.25) is 5.10 Å². The van der Waals surface area contributed by atoms with Crippen LogP contribution < -0.4 is 5.73 Å². The molecule has 2 rings (SSSR count). The van der Waals surface area contributed by atoms with E-state index in [0.29, 0.717) is 18.7 Å². The van der Waals surface area contributed by atoms with Crippen LogP contribution in [0.15, 0.2) is 0 Å². The van der Waals surface area contributed by atoms with Crippen molar-refractivity contribution >= 4 is 5.82 Å². The average Bonchev–Trinajstić information content (AvgIpc) is 2.33. The number of hydrogen-bond acceptors (Lipinski definition) is 2. The lowest BCUT2D eigenvalue weighted by molar-refractivity contribution is 0.301. The average molecular weight is 155 g/mol. The van der Waals surface area contributed by atoms with E-state index in [1.165, 1.54) is 0 Å². The molecule has 0 spiro atoms. The van der Waals surface area contributed by atoms with Crippen molar-refractivity contribution in [3.63, 3.8) is 0 Å². The number of halogens is 1. The second-order valence-electron chi connectivity index (χ2n) is 2.91. The molecule has 0 saturated carbocycles. The Kier molecular flexibility index (Phi) is 1.34. The van der Waals surface area contributed by atoms with Crippen LogP contribution in [0.2, 0.25) is 0 Å².